The molecular formula is C26H37NO6S. The minimum Gasteiger partial charge on any atom is -0.481 e. The van der Waals surface area contributed by atoms with Gasteiger partial charge in [-0.2, -0.15) is 0 Å². The monoisotopic (exact) mass is 491 g/mol. The molecule has 1 aliphatic carbocycles. The van der Waals surface area contributed by atoms with Crippen molar-refractivity contribution in [3.05, 3.63) is 45.9 Å². The second-order valence-corrected chi connectivity index (χ2v) is 11.9. The molecule has 1 fully saturated rings. The summed E-state index contributed by atoms with van der Waals surface area (Å²) in [7, 11) is 0. The van der Waals surface area contributed by atoms with E-state index in [2.05, 4.69) is 5.32 Å². The molecule has 0 radical (unpaired) electrons. The molecule has 0 aromatic rings. The van der Waals surface area contributed by atoms with Gasteiger partial charge in [0.2, 0.25) is 0 Å². The Morgan fingerprint density at radius 3 is 2.65 bits per heavy atom. The van der Waals surface area contributed by atoms with Crippen molar-refractivity contribution in [1.29, 1.82) is 0 Å². The second kappa shape index (κ2) is 10.4. The number of hydrogen-bond acceptors (Lipinski definition) is 6. The predicted molar refractivity (Wildman–Crippen MR) is 133 cm³/mol. The fraction of sp³-hybridized carbons (Fsp3) is 0.615. The maximum Gasteiger partial charge on any atom is 0.306 e. The van der Waals surface area contributed by atoms with Crippen molar-refractivity contribution in [2.45, 2.75) is 72.2 Å². The number of carboxylic acids is 1. The third-order valence-corrected chi connectivity index (χ3v) is 7.33. The van der Waals surface area contributed by atoms with Gasteiger partial charge in [-0.05, 0) is 52.7 Å². The number of aliphatic carboxylic acids is 1. The van der Waals surface area contributed by atoms with E-state index in [1.807, 2.05) is 46.8 Å². The molecule has 0 aromatic heterocycles. The molecule has 3 unspecified atom stereocenters. The normalized spacial score (nSPS) is 29.5. The van der Waals surface area contributed by atoms with E-state index in [1.165, 1.54) is 11.8 Å². The lowest BCUT2D eigenvalue weighted by molar-refractivity contribution is -0.186. The predicted octanol–water partition coefficient (Wildman–Crippen LogP) is 4.51. The zero-order chi connectivity index (χ0) is 25.1. The van der Waals surface area contributed by atoms with E-state index >= 15 is 0 Å². The maximum absolute atomic E-state index is 12.3. The van der Waals surface area contributed by atoms with Crippen LogP contribution in [0.2, 0.25) is 0 Å². The number of thioether (sulfide) groups is 1. The molecule has 0 bridgehead atoms. The first-order valence-corrected chi connectivity index (χ1v) is 12.7. The lowest BCUT2D eigenvalue weighted by Gasteiger charge is -2.49. The molecule has 0 saturated carbocycles. The van der Waals surface area contributed by atoms with Gasteiger partial charge in [-0.1, -0.05) is 58.5 Å². The van der Waals surface area contributed by atoms with Crippen molar-refractivity contribution in [1.82, 2.24) is 5.32 Å². The van der Waals surface area contributed by atoms with Crippen LogP contribution < -0.4 is 5.32 Å². The molecule has 2 heterocycles. The molecule has 3 N–H and O–H groups in total. The summed E-state index contributed by atoms with van der Waals surface area (Å²) in [5, 5.41) is 26.3. The van der Waals surface area contributed by atoms with Crippen LogP contribution in [0.4, 0.5) is 0 Å². The number of hydrogen-bond donors (Lipinski definition) is 3. The van der Waals surface area contributed by atoms with Gasteiger partial charge < -0.3 is 25.0 Å². The van der Waals surface area contributed by atoms with Crippen molar-refractivity contribution < 1.29 is 29.3 Å². The molecule has 1 saturated heterocycles. The zero-order valence-corrected chi connectivity index (χ0v) is 21.5. The lowest BCUT2D eigenvalue weighted by atomic mass is 9.58. The van der Waals surface area contributed by atoms with Crippen molar-refractivity contribution >= 4 is 23.6 Å². The van der Waals surface area contributed by atoms with Crippen LogP contribution in [-0.4, -0.2) is 47.2 Å². The van der Waals surface area contributed by atoms with E-state index in [-0.39, 0.29) is 12.2 Å². The van der Waals surface area contributed by atoms with E-state index in [1.54, 1.807) is 17.7 Å². The molecule has 188 valence electrons. The van der Waals surface area contributed by atoms with Crippen LogP contribution >= 0.6 is 11.8 Å². The Bertz CT molecular complexity index is 920. The fourth-order valence-electron chi connectivity index (χ4n) is 4.93. The molecular weight excluding hydrogens is 454 g/mol. The SMILES string of the molecule is CC(C)(C)C1=CC(C=C2SC=CNC2=O)=CC(C(C)(C)COC2CCCCO2)C1(O)CC(=O)O. The summed E-state index contributed by atoms with van der Waals surface area (Å²) in [6.45, 7) is 10.8. The van der Waals surface area contributed by atoms with Gasteiger partial charge in [0, 0.05) is 18.7 Å². The smallest absolute Gasteiger partial charge is 0.306 e. The van der Waals surface area contributed by atoms with E-state index in [0.29, 0.717) is 23.7 Å². The van der Waals surface area contributed by atoms with Crippen molar-refractivity contribution in [3.63, 3.8) is 0 Å². The van der Waals surface area contributed by atoms with Gasteiger partial charge in [0.1, 0.15) is 5.60 Å². The third-order valence-electron chi connectivity index (χ3n) is 6.50. The van der Waals surface area contributed by atoms with Crippen molar-refractivity contribution in [3.8, 4) is 0 Å². The molecule has 34 heavy (non-hydrogen) atoms. The van der Waals surface area contributed by atoms with Crippen molar-refractivity contribution in [2.75, 3.05) is 13.2 Å². The average molecular weight is 492 g/mol. The highest BCUT2D eigenvalue weighted by Gasteiger charge is 2.52. The molecule has 1 amide bonds. The Balaban J connectivity index is 2.03. The van der Waals surface area contributed by atoms with Crippen LogP contribution in [0, 0.1) is 16.7 Å². The highest BCUT2D eigenvalue weighted by atomic mass is 32.2. The van der Waals surface area contributed by atoms with Gasteiger partial charge in [-0.3, -0.25) is 9.59 Å². The second-order valence-electron chi connectivity index (χ2n) is 10.9. The van der Waals surface area contributed by atoms with Gasteiger partial charge >= 0.3 is 5.97 Å². The van der Waals surface area contributed by atoms with Gasteiger partial charge in [-0.15, -0.1) is 0 Å². The molecule has 7 nitrogen and oxygen atoms in total. The lowest BCUT2D eigenvalue weighted by Crippen LogP contribution is -2.53. The Morgan fingerprint density at radius 1 is 1.32 bits per heavy atom. The minimum atomic E-state index is -1.62. The first-order valence-electron chi connectivity index (χ1n) is 11.8. The summed E-state index contributed by atoms with van der Waals surface area (Å²) in [6, 6.07) is 0. The Labute approximate surface area is 206 Å². The zero-order valence-electron chi connectivity index (χ0n) is 20.7. The number of rotatable bonds is 7. The third kappa shape index (κ3) is 6.22. The Kier molecular flexibility index (Phi) is 8.18. The number of aliphatic hydroxyl groups is 1. The molecule has 3 atom stereocenters. The molecule has 0 spiro atoms. The summed E-state index contributed by atoms with van der Waals surface area (Å²) in [5.41, 5.74) is -1.36. The quantitative estimate of drug-likeness (QED) is 0.450. The average Bonchev–Trinajstić information content (AvgIpc) is 2.74. The number of nitrogens with one attached hydrogen (secondary N) is 1. The summed E-state index contributed by atoms with van der Waals surface area (Å²) in [5.74, 6) is -1.84. The molecule has 3 aliphatic rings. The minimum absolute atomic E-state index is 0.195. The van der Waals surface area contributed by atoms with Crippen LogP contribution in [0.1, 0.15) is 60.3 Å². The first kappa shape index (κ1) is 26.7. The van der Waals surface area contributed by atoms with Crippen LogP contribution in [-0.2, 0) is 19.1 Å². The van der Waals surface area contributed by atoms with Gasteiger partial charge in [0.15, 0.2) is 6.29 Å². The maximum atomic E-state index is 12.3. The van der Waals surface area contributed by atoms with E-state index in [0.717, 1.165) is 24.8 Å². The van der Waals surface area contributed by atoms with Gasteiger partial charge in [0.05, 0.1) is 17.9 Å². The summed E-state index contributed by atoms with van der Waals surface area (Å²) >= 11 is 1.32. The molecule has 3 rings (SSSR count). The standard InChI is InChI=1S/C26H37NO6S/c1-24(2,3)19-13-17(12-18-23(30)27-9-11-34-18)14-20(26(19,31)15-21(28)29)25(4,5)16-33-22-8-6-7-10-32-22/h9,11-14,20,22,31H,6-8,10,15-16H2,1-5H3,(H,27,30)(H,28,29). The number of carbonyl (C=O) groups is 2. The molecule has 2 aliphatic heterocycles. The van der Waals surface area contributed by atoms with E-state index < -0.39 is 34.7 Å². The number of allylic oxidation sites excluding steroid dienone is 3. The summed E-state index contributed by atoms with van der Waals surface area (Å²) in [6.07, 6.45) is 9.28. The number of carbonyl (C=O) groups excluding carboxylic acids is 1. The first-order chi connectivity index (χ1) is 15.8. The van der Waals surface area contributed by atoms with Crippen molar-refractivity contribution in [2.24, 2.45) is 16.7 Å². The van der Waals surface area contributed by atoms with Crippen LogP contribution in [0.3, 0.4) is 0 Å². The highest BCUT2D eigenvalue weighted by Crippen LogP contribution is 2.51. The highest BCUT2D eigenvalue weighted by molar-refractivity contribution is 8.06. The van der Waals surface area contributed by atoms with Crippen LogP contribution in [0.5, 0.6) is 0 Å². The Morgan fingerprint density at radius 2 is 2.06 bits per heavy atom. The Hall–Kier alpha value is -1.87. The van der Waals surface area contributed by atoms with Gasteiger partial charge in [-0.25, -0.2) is 0 Å². The number of ether oxygens (including phenoxy) is 2. The van der Waals surface area contributed by atoms with E-state index in [9.17, 15) is 19.8 Å². The fourth-order valence-corrected chi connectivity index (χ4v) is 5.59. The van der Waals surface area contributed by atoms with Crippen LogP contribution in [0.15, 0.2) is 45.9 Å². The van der Waals surface area contributed by atoms with E-state index in [4.69, 9.17) is 9.47 Å². The number of amides is 1. The largest absolute Gasteiger partial charge is 0.481 e. The van der Waals surface area contributed by atoms with Gasteiger partial charge in [0.25, 0.3) is 5.91 Å². The summed E-state index contributed by atoms with van der Waals surface area (Å²) < 4.78 is 11.8. The van der Waals surface area contributed by atoms with Crippen LogP contribution in [0.25, 0.3) is 0 Å². The molecule has 0 aromatic carbocycles. The summed E-state index contributed by atoms with van der Waals surface area (Å²) in [4.78, 5) is 24.8. The number of carboxylic acid groups (broad SMARTS) is 1. The molecule has 8 heteroatoms. The topological polar surface area (TPSA) is 105 Å².